The first-order valence-electron chi connectivity index (χ1n) is 8.44. The number of carbonyl (C=O) groups excluding carboxylic acids is 1. The van der Waals surface area contributed by atoms with Crippen LogP contribution >= 0.6 is 0 Å². The molecule has 1 aromatic carbocycles. The fourth-order valence-electron chi connectivity index (χ4n) is 2.39. The van der Waals surface area contributed by atoms with Gasteiger partial charge in [0.1, 0.15) is 0 Å². The number of benzene rings is 1. The number of aromatic nitrogens is 3. The van der Waals surface area contributed by atoms with E-state index in [1.54, 1.807) is 18.2 Å². The minimum atomic E-state index is -0.656. The van der Waals surface area contributed by atoms with E-state index in [1.165, 1.54) is 0 Å². The highest BCUT2D eigenvalue weighted by molar-refractivity contribution is 5.91. The maximum atomic E-state index is 12.7. The summed E-state index contributed by atoms with van der Waals surface area (Å²) in [6.07, 6.45) is 0.597. The van der Waals surface area contributed by atoms with Crippen LogP contribution in [0.2, 0.25) is 0 Å². The average Bonchev–Trinajstić information content (AvgIpc) is 2.56. The molecule has 0 saturated heterocycles. The van der Waals surface area contributed by atoms with Crippen LogP contribution in [0, 0.1) is 12.8 Å². The van der Waals surface area contributed by atoms with Gasteiger partial charge < -0.3 is 5.32 Å². The van der Waals surface area contributed by atoms with Gasteiger partial charge in [0.15, 0.2) is 0 Å². The van der Waals surface area contributed by atoms with E-state index in [0.717, 1.165) is 14.8 Å². The normalized spacial score (nSPS) is 10.9. The van der Waals surface area contributed by atoms with Crippen LogP contribution in [0.3, 0.4) is 0 Å². The molecule has 2 rings (SSSR count). The van der Waals surface area contributed by atoms with Gasteiger partial charge in [-0.3, -0.25) is 14.2 Å². The lowest BCUT2D eigenvalue weighted by Gasteiger charge is -2.12. The third kappa shape index (κ3) is 4.23. The Balaban J connectivity index is 2.62. The van der Waals surface area contributed by atoms with Crippen LogP contribution in [-0.4, -0.2) is 26.8 Å². The summed E-state index contributed by atoms with van der Waals surface area (Å²) < 4.78 is 2.19. The summed E-state index contributed by atoms with van der Waals surface area (Å²) in [5, 5.41) is 6.75. The average molecular weight is 344 g/mol. The molecule has 1 heterocycles. The Morgan fingerprint density at radius 1 is 1.28 bits per heavy atom. The number of nitrogens with zero attached hydrogens (tertiary/aromatic N) is 3. The third-order valence-corrected chi connectivity index (χ3v) is 3.64. The summed E-state index contributed by atoms with van der Waals surface area (Å²) in [6.45, 7) is 8.33. The van der Waals surface area contributed by atoms with Crippen molar-refractivity contribution in [3.8, 4) is 5.69 Å². The second-order valence-corrected chi connectivity index (χ2v) is 6.44. The first-order valence-corrected chi connectivity index (χ1v) is 8.44. The molecular formula is C18H24N4O3. The molecular weight excluding hydrogens is 320 g/mol. The molecule has 0 bridgehead atoms. The van der Waals surface area contributed by atoms with Crippen molar-refractivity contribution in [1.82, 2.24) is 19.7 Å². The number of nitrogens with one attached hydrogen (secondary N) is 1. The summed E-state index contributed by atoms with van der Waals surface area (Å²) in [5.41, 5.74) is 0.00286. The zero-order valence-electron chi connectivity index (χ0n) is 15.1. The monoisotopic (exact) mass is 344 g/mol. The molecule has 1 aromatic heterocycles. The third-order valence-electron chi connectivity index (χ3n) is 3.64. The number of rotatable bonds is 6. The lowest BCUT2D eigenvalue weighted by molar-refractivity contribution is 0.0939. The highest BCUT2D eigenvalue weighted by atomic mass is 16.2. The van der Waals surface area contributed by atoms with Crippen LogP contribution in [0.1, 0.15) is 43.2 Å². The van der Waals surface area contributed by atoms with Gasteiger partial charge in [-0.05, 0) is 37.0 Å². The van der Waals surface area contributed by atoms with E-state index in [4.69, 9.17) is 0 Å². The van der Waals surface area contributed by atoms with Crippen molar-refractivity contribution in [2.45, 2.75) is 40.7 Å². The smallest absolute Gasteiger partial charge is 0.350 e. The maximum absolute atomic E-state index is 12.7. The Morgan fingerprint density at radius 3 is 2.60 bits per heavy atom. The van der Waals surface area contributed by atoms with Gasteiger partial charge in [0, 0.05) is 13.1 Å². The van der Waals surface area contributed by atoms with Crippen molar-refractivity contribution in [2.75, 3.05) is 6.54 Å². The number of hydrogen-bond acceptors (Lipinski definition) is 4. The van der Waals surface area contributed by atoms with Gasteiger partial charge in [-0.15, -0.1) is 0 Å². The number of carbonyl (C=O) groups is 1. The summed E-state index contributed by atoms with van der Waals surface area (Å²) in [5.74, 6) is -0.325. The molecule has 0 atom stereocenters. The number of aryl methyl sites for hydroxylation is 1. The van der Waals surface area contributed by atoms with Crippen molar-refractivity contribution in [3.63, 3.8) is 0 Å². The van der Waals surface area contributed by atoms with Crippen LogP contribution in [-0.2, 0) is 6.54 Å². The van der Waals surface area contributed by atoms with Gasteiger partial charge in [0.25, 0.3) is 11.5 Å². The molecule has 0 spiro atoms. The Bertz CT molecular complexity index is 881. The highest BCUT2D eigenvalue weighted by Crippen LogP contribution is 2.06. The van der Waals surface area contributed by atoms with Gasteiger partial charge in [-0.1, -0.05) is 32.9 Å². The Morgan fingerprint density at radius 2 is 2.00 bits per heavy atom. The molecule has 0 aliphatic heterocycles. The Labute approximate surface area is 146 Å². The predicted molar refractivity (Wildman–Crippen MR) is 96.3 cm³/mol. The molecule has 0 radical (unpaired) electrons. The fraction of sp³-hybridized carbons (Fsp3) is 0.444. The van der Waals surface area contributed by atoms with Gasteiger partial charge >= 0.3 is 5.69 Å². The van der Waals surface area contributed by atoms with Gasteiger partial charge in [-0.25, -0.2) is 4.79 Å². The predicted octanol–water partition coefficient (Wildman–Crippen LogP) is 1.50. The van der Waals surface area contributed by atoms with Crippen molar-refractivity contribution in [2.24, 2.45) is 5.92 Å². The van der Waals surface area contributed by atoms with E-state index in [-0.39, 0.29) is 18.2 Å². The second kappa shape index (κ2) is 7.92. The van der Waals surface area contributed by atoms with Crippen LogP contribution < -0.4 is 16.6 Å². The second-order valence-electron chi connectivity index (χ2n) is 6.44. The van der Waals surface area contributed by atoms with Crippen molar-refractivity contribution in [1.29, 1.82) is 0 Å². The SMILES string of the molecule is CCCn1c(=O)c(C(=O)NCC(C)C)nn(-c2cccc(C)c2)c1=O. The minimum absolute atomic E-state index is 0.233. The molecule has 134 valence electrons. The standard InChI is InChI=1S/C18H24N4O3/c1-5-9-21-17(24)15(16(23)19-11-12(2)3)20-22(18(21)25)14-8-6-7-13(4)10-14/h6-8,10,12H,5,9,11H2,1-4H3,(H,19,23). The molecule has 7 heteroatoms. The maximum Gasteiger partial charge on any atom is 0.352 e. The Kier molecular flexibility index (Phi) is 5.90. The van der Waals surface area contributed by atoms with E-state index in [2.05, 4.69) is 10.4 Å². The van der Waals surface area contributed by atoms with Crippen molar-refractivity contribution in [3.05, 3.63) is 56.4 Å². The van der Waals surface area contributed by atoms with Gasteiger partial charge in [0.05, 0.1) is 5.69 Å². The van der Waals surface area contributed by atoms with Crippen LogP contribution in [0.5, 0.6) is 0 Å². The topological polar surface area (TPSA) is 86.0 Å². The summed E-state index contributed by atoms with van der Waals surface area (Å²) in [6, 6.07) is 7.20. The van der Waals surface area contributed by atoms with Gasteiger partial charge in [-0.2, -0.15) is 9.78 Å². The fourth-order valence-corrected chi connectivity index (χ4v) is 2.39. The molecule has 0 saturated carbocycles. The van der Waals surface area contributed by atoms with E-state index in [0.29, 0.717) is 18.7 Å². The molecule has 0 unspecified atom stereocenters. The number of amides is 1. The zero-order chi connectivity index (χ0) is 18.6. The summed E-state index contributed by atoms with van der Waals surface area (Å²) >= 11 is 0. The lowest BCUT2D eigenvalue weighted by atomic mass is 10.2. The van der Waals surface area contributed by atoms with Crippen molar-refractivity contribution >= 4 is 5.91 Å². The Hall–Kier alpha value is -2.70. The summed E-state index contributed by atoms with van der Waals surface area (Å²) in [7, 11) is 0. The minimum Gasteiger partial charge on any atom is -0.350 e. The highest BCUT2D eigenvalue weighted by Gasteiger charge is 2.20. The first kappa shape index (κ1) is 18.6. The molecule has 0 fully saturated rings. The van der Waals surface area contributed by atoms with E-state index in [9.17, 15) is 14.4 Å². The molecule has 1 amide bonds. The molecule has 25 heavy (non-hydrogen) atoms. The molecule has 2 aromatic rings. The van der Waals surface area contributed by atoms with Crippen LogP contribution in [0.25, 0.3) is 5.69 Å². The lowest BCUT2D eigenvalue weighted by Crippen LogP contribution is -2.46. The van der Waals surface area contributed by atoms with E-state index in [1.807, 2.05) is 33.8 Å². The van der Waals surface area contributed by atoms with Crippen LogP contribution in [0.4, 0.5) is 0 Å². The summed E-state index contributed by atoms with van der Waals surface area (Å²) in [4.78, 5) is 37.6. The van der Waals surface area contributed by atoms with Gasteiger partial charge in [0.2, 0.25) is 5.69 Å². The van der Waals surface area contributed by atoms with E-state index < -0.39 is 17.2 Å². The largest absolute Gasteiger partial charge is 0.352 e. The van der Waals surface area contributed by atoms with E-state index >= 15 is 0 Å². The molecule has 7 nitrogen and oxygen atoms in total. The zero-order valence-corrected chi connectivity index (χ0v) is 15.1. The number of hydrogen-bond donors (Lipinski definition) is 1. The van der Waals surface area contributed by atoms with Crippen molar-refractivity contribution < 1.29 is 4.79 Å². The first-order chi connectivity index (χ1) is 11.8. The quantitative estimate of drug-likeness (QED) is 0.860. The molecule has 1 N–H and O–H groups in total. The molecule has 0 aliphatic rings. The molecule has 0 aliphatic carbocycles. The van der Waals surface area contributed by atoms with Crippen LogP contribution in [0.15, 0.2) is 33.9 Å².